The molecule has 3 heterocycles. The number of amides is 1. The van der Waals surface area contributed by atoms with Crippen LogP contribution in [0.1, 0.15) is 25.7 Å². The number of halogens is 1. The lowest BCUT2D eigenvalue weighted by molar-refractivity contribution is -0.119. The maximum absolute atomic E-state index is 11.9. The molecule has 0 aromatic carbocycles. The molecular weight excluding hydrogens is 282 g/mol. The summed E-state index contributed by atoms with van der Waals surface area (Å²) in [4.78, 5) is 26.9. The normalized spacial score (nSPS) is 19.1. The van der Waals surface area contributed by atoms with Gasteiger partial charge in [-0.2, -0.15) is 9.97 Å². The molecule has 0 spiro atoms. The molecule has 0 bridgehead atoms. The zero-order chi connectivity index (χ0) is 13.9. The Balaban J connectivity index is 1.67. The van der Waals surface area contributed by atoms with Crippen LogP contribution in [0.25, 0.3) is 11.2 Å². The number of nitrogens with one attached hydrogen (secondary N) is 2. The molecule has 7 nitrogen and oxygen atoms in total. The van der Waals surface area contributed by atoms with Crippen molar-refractivity contribution in [2.45, 2.75) is 31.8 Å². The first-order chi connectivity index (χ1) is 9.72. The van der Waals surface area contributed by atoms with Crippen molar-refractivity contribution in [2.75, 3.05) is 11.9 Å². The molecule has 2 N–H and O–H groups in total. The summed E-state index contributed by atoms with van der Waals surface area (Å²) in [5, 5.41) is 2.87. The monoisotopic (exact) mass is 295 g/mol. The first kappa shape index (κ1) is 13.3. The minimum absolute atomic E-state index is 0.0201. The van der Waals surface area contributed by atoms with E-state index >= 15 is 0 Å². The zero-order valence-electron chi connectivity index (χ0n) is 10.7. The van der Waals surface area contributed by atoms with E-state index in [1.54, 1.807) is 0 Å². The van der Waals surface area contributed by atoms with Gasteiger partial charge in [0.25, 0.3) is 0 Å². The average molecular weight is 296 g/mol. The van der Waals surface area contributed by atoms with Crippen LogP contribution in [0.15, 0.2) is 6.33 Å². The molecule has 0 aliphatic carbocycles. The second kappa shape index (κ2) is 5.72. The fraction of sp³-hybridized carbons (Fsp3) is 0.500. The number of hydrogen-bond donors (Lipinski definition) is 2. The Hall–Kier alpha value is -1.73. The number of hydrogen-bond acceptors (Lipinski definition) is 5. The third kappa shape index (κ3) is 2.88. The highest BCUT2D eigenvalue weighted by Gasteiger charge is 2.18. The van der Waals surface area contributed by atoms with Gasteiger partial charge in [0.1, 0.15) is 5.52 Å². The predicted octanol–water partition coefficient (Wildman–Crippen LogP) is 1.90. The van der Waals surface area contributed by atoms with Crippen molar-refractivity contribution >= 4 is 34.6 Å². The number of fused-ring (bicyclic) bond motifs is 1. The summed E-state index contributed by atoms with van der Waals surface area (Å²) in [6.45, 7) is 0.722. The molecule has 2 aromatic heterocycles. The van der Waals surface area contributed by atoms with Gasteiger partial charge in [-0.3, -0.25) is 10.1 Å². The molecule has 8 heteroatoms. The quantitative estimate of drug-likeness (QED) is 0.844. The summed E-state index contributed by atoms with van der Waals surface area (Å²) in [5.74, 6) is -0.0155. The molecule has 1 unspecified atom stereocenters. The van der Waals surface area contributed by atoms with Crippen molar-refractivity contribution in [3.8, 4) is 0 Å². The topological polar surface area (TPSA) is 92.8 Å². The van der Waals surface area contributed by atoms with Gasteiger partial charge in [-0.1, -0.05) is 11.6 Å². The van der Waals surface area contributed by atoms with Crippen LogP contribution in [0.3, 0.4) is 0 Å². The largest absolute Gasteiger partial charge is 0.378 e. The number of aromatic amines is 1. The van der Waals surface area contributed by atoms with Gasteiger partial charge in [-0.25, -0.2) is 4.98 Å². The highest BCUT2D eigenvalue weighted by Crippen LogP contribution is 2.19. The number of anilines is 1. The van der Waals surface area contributed by atoms with Crippen molar-refractivity contribution in [3.05, 3.63) is 11.5 Å². The molecule has 1 aliphatic heterocycles. The summed E-state index contributed by atoms with van der Waals surface area (Å²) < 4.78 is 5.52. The van der Waals surface area contributed by atoms with Gasteiger partial charge in [0.2, 0.25) is 11.9 Å². The van der Waals surface area contributed by atoms with E-state index in [1.165, 1.54) is 6.33 Å². The van der Waals surface area contributed by atoms with E-state index in [0.29, 0.717) is 17.6 Å². The van der Waals surface area contributed by atoms with Crippen molar-refractivity contribution in [2.24, 2.45) is 0 Å². The Kier molecular flexibility index (Phi) is 3.79. The second-order valence-corrected chi connectivity index (χ2v) is 5.04. The number of nitrogens with zero attached hydrogens (tertiary/aromatic N) is 3. The molecule has 1 saturated heterocycles. The summed E-state index contributed by atoms with van der Waals surface area (Å²) in [5.41, 5.74) is 0.981. The Morgan fingerprint density at radius 2 is 2.40 bits per heavy atom. The predicted molar refractivity (Wildman–Crippen MR) is 73.5 cm³/mol. The fourth-order valence-electron chi connectivity index (χ4n) is 2.20. The van der Waals surface area contributed by atoms with Gasteiger partial charge >= 0.3 is 0 Å². The van der Waals surface area contributed by atoms with Crippen LogP contribution in [0.2, 0.25) is 5.15 Å². The van der Waals surface area contributed by atoms with E-state index in [2.05, 4.69) is 25.3 Å². The van der Waals surface area contributed by atoms with E-state index in [-0.39, 0.29) is 23.1 Å². The SMILES string of the molecule is O=C(CC1CCCCO1)Nc1nc(Cl)c2[nH]cnc2n1. The standard InChI is InChI=1S/C12H14ClN5O2/c13-10-9-11(15-6-14-9)18-12(17-10)16-8(19)5-7-3-1-2-4-20-7/h6-7H,1-5H2,(H2,14,15,16,17,18,19). The van der Waals surface area contributed by atoms with Crippen LogP contribution >= 0.6 is 11.6 Å². The molecule has 106 valence electrons. The van der Waals surface area contributed by atoms with E-state index in [1.807, 2.05) is 0 Å². The first-order valence-electron chi connectivity index (χ1n) is 6.50. The zero-order valence-corrected chi connectivity index (χ0v) is 11.5. The van der Waals surface area contributed by atoms with Crippen LogP contribution in [-0.4, -0.2) is 38.6 Å². The van der Waals surface area contributed by atoms with E-state index in [9.17, 15) is 4.79 Å². The number of imidazole rings is 1. The molecule has 2 aromatic rings. The van der Waals surface area contributed by atoms with Gasteiger partial charge < -0.3 is 9.72 Å². The molecule has 0 radical (unpaired) electrons. The summed E-state index contributed by atoms with van der Waals surface area (Å²) in [7, 11) is 0. The summed E-state index contributed by atoms with van der Waals surface area (Å²) in [6, 6.07) is 0. The first-order valence-corrected chi connectivity index (χ1v) is 6.88. The Morgan fingerprint density at radius 1 is 1.50 bits per heavy atom. The lowest BCUT2D eigenvalue weighted by Crippen LogP contribution is -2.26. The summed E-state index contributed by atoms with van der Waals surface area (Å²) >= 11 is 5.98. The number of H-pyrrole nitrogens is 1. The maximum Gasteiger partial charge on any atom is 0.233 e. The second-order valence-electron chi connectivity index (χ2n) is 4.68. The lowest BCUT2D eigenvalue weighted by Gasteiger charge is -2.21. The summed E-state index contributed by atoms with van der Waals surface area (Å²) in [6.07, 6.45) is 4.83. The highest BCUT2D eigenvalue weighted by molar-refractivity contribution is 6.33. The fourth-order valence-corrected chi connectivity index (χ4v) is 2.42. The van der Waals surface area contributed by atoms with E-state index < -0.39 is 0 Å². The third-order valence-corrected chi connectivity index (χ3v) is 3.45. The van der Waals surface area contributed by atoms with Crippen LogP contribution in [0.5, 0.6) is 0 Å². The molecule has 1 aliphatic rings. The Bertz CT molecular complexity index is 623. The van der Waals surface area contributed by atoms with Crippen LogP contribution < -0.4 is 5.32 Å². The van der Waals surface area contributed by atoms with E-state index in [0.717, 1.165) is 25.9 Å². The van der Waals surface area contributed by atoms with Crippen LogP contribution in [0, 0.1) is 0 Å². The molecule has 1 amide bonds. The molecule has 20 heavy (non-hydrogen) atoms. The Labute approximate surface area is 120 Å². The molecule has 1 atom stereocenters. The molecule has 1 fully saturated rings. The van der Waals surface area contributed by atoms with Crippen molar-refractivity contribution in [1.29, 1.82) is 0 Å². The Morgan fingerprint density at radius 3 is 3.20 bits per heavy atom. The third-order valence-electron chi connectivity index (χ3n) is 3.18. The number of carbonyl (C=O) groups excluding carboxylic acids is 1. The van der Waals surface area contributed by atoms with Crippen molar-refractivity contribution in [1.82, 2.24) is 19.9 Å². The van der Waals surface area contributed by atoms with Crippen molar-refractivity contribution < 1.29 is 9.53 Å². The maximum atomic E-state index is 11.9. The molecule has 3 rings (SSSR count). The smallest absolute Gasteiger partial charge is 0.233 e. The average Bonchev–Trinajstić information content (AvgIpc) is 2.88. The number of rotatable bonds is 3. The molecular formula is C12H14ClN5O2. The van der Waals surface area contributed by atoms with Gasteiger partial charge in [0.15, 0.2) is 10.8 Å². The minimum atomic E-state index is -0.178. The van der Waals surface area contributed by atoms with Crippen LogP contribution in [0.4, 0.5) is 5.95 Å². The van der Waals surface area contributed by atoms with Gasteiger partial charge in [0, 0.05) is 6.61 Å². The van der Waals surface area contributed by atoms with Gasteiger partial charge in [-0.15, -0.1) is 0 Å². The van der Waals surface area contributed by atoms with Gasteiger partial charge in [0.05, 0.1) is 18.9 Å². The van der Waals surface area contributed by atoms with Crippen molar-refractivity contribution in [3.63, 3.8) is 0 Å². The number of carbonyl (C=O) groups is 1. The van der Waals surface area contributed by atoms with E-state index in [4.69, 9.17) is 16.3 Å². The lowest BCUT2D eigenvalue weighted by atomic mass is 10.1. The molecule has 0 saturated carbocycles. The minimum Gasteiger partial charge on any atom is -0.378 e. The number of ether oxygens (including phenoxy) is 1. The number of aromatic nitrogens is 4. The van der Waals surface area contributed by atoms with Crippen LogP contribution in [-0.2, 0) is 9.53 Å². The van der Waals surface area contributed by atoms with Gasteiger partial charge in [-0.05, 0) is 19.3 Å². The highest BCUT2D eigenvalue weighted by atomic mass is 35.5.